The minimum Gasteiger partial charge on any atom is -0.400 e. The number of hydrogen-bond acceptors (Lipinski definition) is 2. The van der Waals surface area contributed by atoms with Gasteiger partial charge in [-0.15, -0.1) is 0 Å². The van der Waals surface area contributed by atoms with Crippen molar-refractivity contribution in [1.29, 1.82) is 0 Å². The van der Waals surface area contributed by atoms with Crippen molar-refractivity contribution < 1.29 is 10.2 Å². The van der Waals surface area contributed by atoms with Gasteiger partial charge in [0.1, 0.15) is 0 Å². The molecule has 2 nitrogen and oxygen atoms in total. The second-order valence-corrected chi connectivity index (χ2v) is 11.0. The SMILES string of the molecule is Brc1ccc2ccc3cccc4ccc1c2c34.CC.CCC.CO.OCCc1ccc2ccc3cccc4ccc1c2c34. The summed E-state index contributed by atoms with van der Waals surface area (Å²) >= 11 is 3.64. The molecule has 0 aliphatic rings. The molecule has 2 N–H and O–H groups in total. The van der Waals surface area contributed by atoms with E-state index in [4.69, 9.17) is 5.11 Å². The lowest BCUT2D eigenvalue weighted by Gasteiger charge is -2.13. The first-order chi connectivity index (χ1) is 21.1. The van der Waals surface area contributed by atoms with Gasteiger partial charge in [0.25, 0.3) is 0 Å². The van der Waals surface area contributed by atoms with E-state index in [9.17, 15) is 5.11 Å². The molecule has 0 fully saturated rings. The van der Waals surface area contributed by atoms with Crippen molar-refractivity contribution in [2.24, 2.45) is 0 Å². The van der Waals surface area contributed by atoms with Gasteiger partial charge in [-0.25, -0.2) is 0 Å². The van der Waals surface area contributed by atoms with Crippen LogP contribution >= 0.6 is 15.9 Å². The van der Waals surface area contributed by atoms with Crippen molar-refractivity contribution in [2.45, 2.75) is 40.5 Å². The van der Waals surface area contributed by atoms with Gasteiger partial charge in [0, 0.05) is 18.2 Å². The average Bonchev–Trinajstić information content (AvgIpc) is 3.07. The maximum absolute atomic E-state index is 9.22. The number of aliphatic hydroxyl groups excluding tert-OH is 2. The van der Waals surface area contributed by atoms with E-state index in [0.717, 1.165) is 7.11 Å². The van der Waals surface area contributed by atoms with E-state index in [1.54, 1.807) is 0 Å². The van der Waals surface area contributed by atoms with Crippen molar-refractivity contribution >= 4 is 80.6 Å². The van der Waals surface area contributed by atoms with Gasteiger partial charge in [0.15, 0.2) is 0 Å². The Morgan fingerprint density at radius 2 is 0.837 bits per heavy atom. The van der Waals surface area contributed by atoms with E-state index in [1.807, 2.05) is 13.8 Å². The molecule has 3 heteroatoms. The van der Waals surface area contributed by atoms with Gasteiger partial charge in [-0.1, -0.05) is 153 Å². The lowest BCUT2D eigenvalue weighted by Crippen LogP contribution is -1.93. The van der Waals surface area contributed by atoms with E-state index in [0.29, 0.717) is 6.42 Å². The molecule has 0 aromatic heterocycles. The fourth-order valence-electron chi connectivity index (χ4n) is 5.83. The Balaban J connectivity index is 0.000000164. The van der Waals surface area contributed by atoms with E-state index >= 15 is 0 Å². The first-order valence-corrected chi connectivity index (χ1v) is 16.0. The first-order valence-electron chi connectivity index (χ1n) is 15.2. The molecular weight excluding hydrogens is 592 g/mol. The third-order valence-corrected chi connectivity index (χ3v) is 8.17. The van der Waals surface area contributed by atoms with Gasteiger partial charge in [-0.05, 0) is 82.7 Å². The van der Waals surface area contributed by atoms with Crippen LogP contribution in [0.5, 0.6) is 0 Å². The number of aliphatic hydroxyl groups is 2. The number of rotatable bonds is 2. The van der Waals surface area contributed by atoms with Crippen LogP contribution in [0.3, 0.4) is 0 Å². The summed E-state index contributed by atoms with van der Waals surface area (Å²) in [4.78, 5) is 0. The predicted octanol–water partition coefficient (Wildman–Crippen LogP) is 11.5. The summed E-state index contributed by atoms with van der Waals surface area (Å²) < 4.78 is 1.17. The second kappa shape index (κ2) is 15.1. The van der Waals surface area contributed by atoms with Crippen LogP contribution in [0, 0.1) is 0 Å². The van der Waals surface area contributed by atoms with Crippen molar-refractivity contribution in [3.63, 3.8) is 0 Å². The molecule has 8 aromatic rings. The number of halogens is 1. The smallest absolute Gasteiger partial charge is 0.0471 e. The van der Waals surface area contributed by atoms with E-state index in [2.05, 4.69) is 139 Å². The summed E-state index contributed by atoms with van der Waals surface area (Å²) in [5.74, 6) is 0. The molecule has 0 unspecified atom stereocenters. The maximum Gasteiger partial charge on any atom is 0.0471 e. The van der Waals surface area contributed by atoms with Crippen LogP contribution in [0.1, 0.15) is 39.7 Å². The summed E-state index contributed by atoms with van der Waals surface area (Å²) in [6, 6.07) is 39.1. The molecular formula is C40H41BrO2. The van der Waals surface area contributed by atoms with Crippen molar-refractivity contribution in [2.75, 3.05) is 13.7 Å². The molecule has 220 valence electrons. The van der Waals surface area contributed by atoms with Crippen LogP contribution < -0.4 is 0 Å². The highest BCUT2D eigenvalue weighted by Crippen LogP contribution is 2.38. The van der Waals surface area contributed by atoms with Crippen molar-refractivity contribution in [1.82, 2.24) is 0 Å². The van der Waals surface area contributed by atoms with Crippen molar-refractivity contribution in [3.05, 3.63) is 119 Å². The van der Waals surface area contributed by atoms with Gasteiger partial charge in [-0.3, -0.25) is 0 Å². The Bertz CT molecular complexity index is 2010. The highest BCUT2D eigenvalue weighted by molar-refractivity contribution is 9.10. The molecule has 8 rings (SSSR count). The number of benzene rings is 8. The van der Waals surface area contributed by atoms with Crippen LogP contribution in [0.25, 0.3) is 64.6 Å². The zero-order chi connectivity index (χ0) is 30.9. The van der Waals surface area contributed by atoms with Crippen molar-refractivity contribution in [3.8, 4) is 0 Å². The third kappa shape index (κ3) is 6.31. The third-order valence-electron chi connectivity index (χ3n) is 7.48. The van der Waals surface area contributed by atoms with Gasteiger partial charge < -0.3 is 10.2 Å². The maximum atomic E-state index is 9.22. The molecule has 0 aliphatic heterocycles. The molecule has 0 saturated carbocycles. The van der Waals surface area contributed by atoms with Gasteiger partial charge in [0.05, 0.1) is 0 Å². The normalized spacial score (nSPS) is 10.6. The molecule has 0 saturated heterocycles. The van der Waals surface area contributed by atoms with Crippen LogP contribution in [0.15, 0.2) is 114 Å². The van der Waals surface area contributed by atoms with E-state index in [1.165, 1.54) is 81.1 Å². The van der Waals surface area contributed by atoms with Crippen LogP contribution in [-0.4, -0.2) is 23.9 Å². The minimum absolute atomic E-state index is 0.198. The predicted molar refractivity (Wildman–Crippen MR) is 194 cm³/mol. The van der Waals surface area contributed by atoms with Crippen LogP contribution in [0.2, 0.25) is 0 Å². The first kappa shape index (κ1) is 32.2. The molecule has 0 heterocycles. The summed E-state index contributed by atoms with van der Waals surface area (Å²) in [7, 11) is 1.00. The monoisotopic (exact) mass is 632 g/mol. The molecule has 0 radical (unpaired) electrons. The lowest BCUT2D eigenvalue weighted by atomic mass is 9.91. The average molecular weight is 634 g/mol. The Kier molecular flexibility index (Phi) is 11.3. The quantitative estimate of drug-likeness (QED) is 0.186. The largest absolute Gasteiger partial charge is 0.400 e. The molecule has 0 bridgehead atoms. The fourth-order valence-corrected chi connectivity index (χ4v) is 6.30. The molecule has 0 aliphatic carbocycles. The summed E-state index contributed by atoms with van der Waals surface area (Å²) in [6.45, 7) is 8.45. The standard InChI is InChI=1S/C18H14O.C16H9Br.C3H8.C2H6.CH4O/c19-11-10-12-4-5-15-7-6-13-2-1-3-14-8-9-16(12)18(15)17(13)14;17-14-9-7-12-5-4-10-2-1-3-11-6-8-13(14)16(12)15(10)11;1-3-2;2*1-2/h1-9,19H,10-11H2;1-9H;3H2,1-2H3;1-2H3;2H,1H3. The lowest BCUT2D eigenvalue weighted by molar-refractivity contribution is 0.300. The molecule has 43 heavy (non-hydrogen) atoms. The Morgan fingerprint density at radius 1 is 0.488 bits per heavy atom. The highest BCUT2D eigenvalue weighted by Gasteiger charge is 2.10. The fraction of sp³-hybridized carbons (Fsp3) is 0.200. The molecule has 0 spiro atoms. The second-order valence-electron chi connectivity index (χ2n) is 10.2. The summed E-state index contributed by atoms with van der Waals surface area (Å²) in [6.07, 6.45) is 1.97. The zero-order valence-corrected chi connectivity index (χ0v) is 27.4. The molecule has 8 aromatic carbocycles. The Labute approximate surface area is 263 Å². The minimum atomic E-state index is 0.198. The van der Waals surface area contributed by atoms with Gasteiger partial charge in [-0.2, -0.15) is 0 Å². The summed E-state index contributed by atoms with van der Waals surface area (Å²) in [5.41, 5.74) is 1.23. The topological polar surface area (TPSA) is 40.5 Å². The Morgan fingerprint density at radius 3 is 1.30 bits per heavy atom. The van der Waals surface area contributed by atoms with Gasteiger partial charge >= 0.3 is 0 Å². The molecule has 0 amide bonds. The zero-order valence-electron chi connectivity index (χ0n) is 25.8. The van der Waals surface area contributed by atoms with Crippen LogP contribution in [-0.2, 0) is 6.42 Å². The highest BCUT2D eigenvalue weighted by atomic mass is 79.9. The Hall–Kier alpha value is -3.76. The van der Waals surface area contributed by atoms with E-state index in [-0.39, 0.29) is 6.61 Å². The van der Waals surface area contributed by atoms with Gasteiger partial charge in [0.2, 0.25) is 0 Å². The number of hydrogen-bond donors (Lipinski definition) is 2. The summed E-state index contributed by atoms with van der Waals surface area (Å²) in [5, 5.41) is 32.0. The molecule has 0 atom stereocenters. The van der Waals surface area contributed by atoms with E-state index < -0.39 is 0 Å². The van der Waals surface area contributed by atoms with Crippen LogP contribution in [0.4, 0.5) is 0 Å².